The Morgan fingerprint density at radius 3 is 0.936 bits per heavy atom. The molecule has 0 aliphatic rings. The largest absolute Gasteiger partial charge is 0.212 e. The number of rotatable bonds is 12. The van der Waals surface area contributed by atoms with Gasteiger partial charge < -0.3 is 0 Å². The van der Waals surface area contributed by atoms with Gasteiger partial charge in [-0.25, -0.2) is 18.3 Å². The van der Waals surface area contributed by atoms with Crippen LogP contribution < -0.4 is 18.3 Å². The van der Waals surface area contributed by atoms with Crippen LogP contribution >= 0.6 is 0 Å². The lowest BCUT2D eigenvalue weighted by molar-refractivity contribution is -0.660. The lowest BCUT2D eigenvalue weighted by atomic mass is 9.91. The molecule has 4 aromatic heterocycles. The topological polar surface area (TPSA) is 15.5 Å². The maximum absolute atomic E-state index is 8.58. The summed E-state index contributed by atoms with van der Waals surface area (Å²) >= 11 is 0. The predicted molar refractivity (Wildman–Crippen MR) is 399 cm³/mol. The van der Waals surface area contributed by atoms with E-state index in [4.69, 9.17) is 15.1 Å². The van der Waals surface area contributed by atoms with Gasteiger partial charge in [0.2, 0.25) is 22.8 Å². The SMILES string of the molecule is CCc1cc(CC)cc(-c2ccc(-c3ccccc3C)[n+](C)c2)c1.Cc1cc(C)cc(-c2ccc(-c3ccccc3C)[n+](C)c2)c1.[2H]C([2H])([2H])C([2H])(C)c1cc(-c2ccc(-c3ccccc3C)[n+](C)c2)cc(C([2H])(C)C([2H])([2H])[2H])c1.[2H]C([2H])([2H])c1ccc(-c2ccc(-c3ccccc3C)[n+](C)c2)cc1C. The second kappa shape index (κ2) is 31.3. The Bertz CT molecular complexity index is 5010. The van der Waals surface area contributed by atoms with Gasteiger partial charge >= 0.3 is 0 Å². The van der Waals surface area contributed by atoms with Crippen LogP contribution in [-0.2, 0) is 41.0 Å². The van der Waals surface area contributed by atoms with Crippen LogP contribution in [-0.4, -0.2) is 0 Å². The summed E-state index contributed by atoms with van der Waals surface area (Å²) < 4.78 is 95.6. The molecule has 0 bridgehead atoms. The van der Waals surface area contributed by atoms with Crippen LogP contribution in [0.5, 0.6) is 0 Å². The van der Waals surface area contributed by atoms with E-state index in [1.165, 1.54) is 109 Å². The third-order valence-corrected chi connectivity index (χ3v) is 17.7. The van der Waals surface area contributed by atoms with Crippen molar-refractivity contribution in [3.63, 3.8) is 0 Å². The van der Waals surface area contributed by atoms with Gasteiger partial charge in [-0.1, -0.05) is 198 Å². The smallest absolute Gasteiger partial charge is 0.200 e. The maximum atomic E-state index is 8.58. The third-order valence-electron chi connectivity index (χ3n) is 17.7. The van der Waals surface area contributed by atoms with Crippen LogP contribution in [0.4, 0.5) is 0 Å². The summed E-state index contributed by atoms with van der Waals surface area (Å²) in [6, 6.07) is 74.2. The minimum atomic E-state index is -2.64. The van der Waals surface area contributed by atoms with Crippen molar-refractivity contribution in [3.8, 4) is 89.5 Å². The van der Waals surface area contributed by atoms with Crippen LogP contribution in [0.15, 0.2) is 243 Å². The summed E-state index contributed by atoms with van der Waals surface area (Å²) in [5.74, 6) is -3.96. The highest BCUT2D eigenvalue weighted by atomic mass is 14.9. The van der Waals surface area contributed by atoms with E-state index < -0.39 is 32.3 Å². The first kappa shape index (κ1) is 54.9. The Labute approximate surface area is 579 Å². The van der Waals surface area contributed by atoms with Gasteiger partial charge in [0.05, 0.1) is 0 Å². The summed E-state index contributed by atoms with van der Waals surface area (Å²) in [4.78, 5) is 0. The third kappa shape index (κ3) is 16.9. The lowest BCUT2D eigenvalue weighted by Crippen LogP contribution is -2.30. The van der Waals surface area contributed by atoms with Crippen LogP contribution in [0.3, 0.4) is 0 Å². The highest BCUT2D eigenvalue weighted by Crippen LogP contribution is 2.32. The molecular formula is C90H100N4+4. The van der Waals surface area contributed by atoms with Gasteiger partial charge in [-0.15, -0.1) is 0 Å². The minimum Gasteiger partial charge on any atom is -0.200 e. The zero-order valence-corrected chi connectivity index (χ0v) is 57.8. The molecule has 4 heteroatoms. The Kier molecular flexibility index (Phi) is 18.3. The molecule has 94 heavy (non-hydrogen) atoms. The number of aromatic nitrogens is 4. The Morgan fingerprint density at radius 1 is 0.309 bits per heavy atom. The van der Waals surface area contributed by atoms with Crippen molar-refractivity contribution in [2.24, 2.45) is 28.2 Å². The summed E-state index contributed by atoms with van der Waals surface area (Å²) in [6.45, 7) is 14.3. The fourth-order valence-corrected chi connectivity index (χ4v) is 12.2. The normalized spacial score (nSPS) is 14.3. The van der Waals surface area contributed by atoms with Gasteiger partial charge in [0, 0.05) is 83.9 Å². The standard InChI is InChI=1S/C25H30N.C23H26N.2C21H22N/c1-17(2)21-13-22(18(3)4)15-23(14-21)20-11-12-25(26(6)16-20)24-10-8-7-9-19(24)5;1-5-18-13-19(6-2)15-21(14-18)20-11-12-23(24(4)16-20)22-10-8-7-9-17(22)3;1-15-11-16(2)13-19(12-15)18-9-10-21(22(4)14-18)20-8-6-5-7-17(20)3;1-15-9-10-18(13-17(15)3)19-11-12-21(22(4)14-19)20-8-6-5-7-16(20)2/h7-18H,1-6H3;7-16H,5-6H2,1-4H3;2*5-14H,1-4H3/q4*+1/i1D3,3D3,17D,18D;;;1D3. The average molecular weight is 1250 g/mol. The van der Waals surface area contributed by atoms with Crippen LogP contribution in [0, 0.1) is 55.3 Å². The molecule has 4 nitrogen and oxygen atoms in total. The summed E-state index contributed by atoms with van der Waals surface area (Å²) in [5.41, 5.74) is 29.9. The van der Waals surface area contributed by atoms with Gasteiger partial charge in [-0.3, -0.25) is 0 Å². The molecule has 0 aliphatic carbocycles. The molecule has 0 radical (unpaired) electrons. The fraction of sp³-hybridized carbons (Fsp3) is 0.244. The monoisotopic (exact) mass is 1250 g/mol. The molecule has 8 aromatic carbocycles. The quantitative estimate of drug-likeness (QED) is 0.108. The number of nitrogens with zero attached hydrogens (tertiary/aromatic N) is 4. The Hall–Kier alpha value is -9.64. The maximum Gasteiger partial charge on any atom is 0.212 e. The van der Waals surface area contributed by atoms with Crippen molar-refractivity contribution < 1.29 is 33.3 Å². The van der Waals surface area contributed by atoms with E-state index in [-0.39, 0.29) is 11.1 Å². The van der Waals surface area contributed by atoms with Crippen LogP contribution in [0.2, 0.25) is 0 Å². The first-order chi connectivity index (χ1) is 49.4. The van der Waals surface area contributed by atoms with E-state index in [9.17, 15) is 0 Å². The molecule has 476 valence electrons. The van der Waals surface area contributed by atoms with E-state index in [0.717, 1.165) is 57.6 Å². The number of hydrogen-bond acceptors (Lipinski definition) is 0. The van der Waals surface area contributed by atoms with Gasteiger partial charge in [-0.05, 0) is 206 Å². The van der Waals surface area contributed by atoms with Crippen molar-refractivity contribution in [2.75, 3.05) is 0 Å². The van der Waals surface area contributed by atoms with Crippen molar-refractivity contribution >= 4 is 0 Å². The molecule has 0 aliphatic heterocycles. The number of hydrogen-bond donors (Lipinski definition) is 0. The molecule has 0 saturated heterocycles. The van der Waals surface area contributed by atoms with Crippen LogP contribution in [0.1, 0.15) is 135 Å². The van der Waals surface area contributed by atoms with E-state index in [0.29, 0.717) is 11.1 Å². The Balaban J connectivity index is 0.000000164. The molecule has 12 aromatic rings. The molecule has 2 atom stereocenters. The van der Waals surface area contributed by atoms with E-state index in [1.807, 2.05) is 99.4 Å². The lowest BCUT2D eigenvalue weighted by Gasteiger charge is -2.14. The number of aryl methyl sites for hydroxylation is 14. The van der Waals surface area contributed by atoms with E-state index in [1.54, 1.807) is 18.2 Å². The van der Waals surface area contributed by atoms with Crippen molar-refractivity contribution in [1.82, 2.24) is 0 Å². The second-order valence-electron chi connectivity index (χ2n) is 25.1. The second-order valence-corrected chi connectivity index (χ2v) is 25.1. The highest BCUT2D eigenvalue weighted by Gasteiger charge is 2.19. The molecule has 4 heterocycles. The van der Waals surface area contributed by atoms with Gasteiger partial charge in [-0.2, -0.15) is 0 Å². The van der Waals surface area contributed by atoms with Gasteiger partial charge in [0.1, 0.15) is 28.2 Å². The molecular weight excluding hydrogens is 1140 g/mol. The molecule has 0 amide bonds. The first-order valence-electron chi connectivity index (χ1n) is 38.1. The number of pyridine rings is 4. The molecule has 0 N–H and O–H groups in total. The zero-order chi connectivity index (χ0) is 76.7. The van der Waals surface area contributed by atoms with Gasteiger partial charge in [0.25, 0.3) is 0 Å². The Morgan fingerprint density at radius 2 is 0.628 bits per heavy atom. The summed E-state index contributed by atoms with van der Waals surface area (Å²) in [5, 5.41) is 0. The predicted octanol–water partition coefficient (Wildman–Crippen LogP) is 21.2. The van der Waals surface area contributed by atoms with Crippen molar-refractivity contribution in [2.45, 2.75) is 121 Å². The highest BCUT2D eigenvalue weighted by molar-refractivity contribution is 5.71. The van der Waals surface area contributed by atoms with Gasteiger partial charge in [0.15, 0.2) is 24.8 Å². The van der Waals surface area contributed by atoms with Crippen molar-refractivity contribution in [1.29, 1.82) is 0 Å². The summed E-state index contributed by atoms with van der Waals surface area (Å²) in [6.07, 6.45) is 10.6. The zero-order valence-electron chi connectivity index (χ0n) is 68.8. The first-order valence-corrected chi connectivity index (χ1v) is 32.6. The molecule has 0 saturated carbocycles. The number of benzene rings is 8. The molecule has 0 fully saturated rings. The average Bonchev–Trinajstić information content (AvgIpc) is 0.753. The molecule has 0 spiro atoms. The summed E-state index contributed by atoms with van der Waals surface area (Å²) in [7, 11) is 8.20. The van der Waals surface area contributed by atoms with E-state index >= 15 is 0 Å². The van der Waals surface area contributed by atoms with Crippen LogP contribution in [0.25, 0.3) is 89.5 Å². The van der Waals surface area contributed by atoms with E-state index in [2.05, 4.69) is 228 Å². The molecule has 2 unspecified atom stereocenters. The molecule has 12 rings (SSSR count). The van der Waals surface area contributed by atoms with Crippen molar-refractivity contribution in [3.05, 3.63) is 310 Å². The minimum absolute atomic E-state index is 0.147. The fourth-order valence-electron chi connectivity index (χ4n) is 12.2.